The topological polar surface area (TPSA) is 96.7 Å². The molecule has 0 saturated heterocycles. The second-order valence-corrected chi connectivity index (χ2v) is 5.84. The van der Waals surface area contributed by atoms with Crippen LogP contribution in [0.3, 0.4) is 0 Å². The van der Waals surface area contributed by atoms with E-state index in [0.717, 1.165) is 35.6 Å². The molecular formula is C15H21N5O2. The van der Waals surface area contributed by atoms with Gasteiger partial charge in [-0.25, -0.2) is 0 Å². The fourth-order valence-electron chi connectivity index (χ4n) is 2.28. The molecule has 22 heavy (non-hydrogen) atoms. The predicted octanol–water partition coefficient (Wildman–Crippen LogP) is 1.58. The van der Waals surface area contributed by atoms with Gasteiger partial charge in [0.15, 0.2) is 5.82 Å². The fraction of sp³-hybridized carbons (Fsp3) is 0.600. The normalized spacial score (nSPS) is 14.3. The van der Waals surface area contributed by atoms with Crippen LogP contribution in [0.1, 0.15) is 53.8 Å². The molecule has 1 saturated carbocycles. The molecule has 0 radical (unpaired) electrons. The first-order valence-electron chi connectivity index (χ1n) is 7.73. The monoisotopic (exact) mass is 303 g/mol. The quantitative estimate of drug-likeness (QED) is 0.809. The first-order chi connectivity index (χ1) is 10.6. The second kappa shape index (κ2) is 6.29. The van der Waals surface area contributed by atoms with Crippen molar-refractivity contribution in [2.24, 2.45) is 0 Å². The van der Waals surface area contributed by atoms with Crippen molar-refractivity contribution in [3.05, 3.63) is 28.7 Å². The molecule has 2 N–H and O–H groups in total. The number of carbonyl (C=O) groups is 1. The third kappa shape index (κ3) is 3.52. The summed E-state index contributed by atoms with van der Waals surface area (Å²) in [6.07, 6.45) is 3.96. The Labute approximate surface area is 128 Å². The lowest BCUT2D eigenvalue weighted by atomic mass is 10.1. The van der Waals surface area contributed by atoms with Gasteiger partial charge >= 0.3 is 0 Å². The van der Waals surface area contributed by atoms with Crippen LogP contribution in [-0.2, 0) is 17.6 Å². The van der Waals surface area contributed by atoms with Crippen molar-refractivity contribution in [1.29, 1.82) is 0 Å². The Hall–Kier alpha value is -2.18. The Morgan fingerprint density at radius 3 is 2.86 bits per heavy atom. The molecule has 0 unspecified atom stereocenters. The van der Waals surface area contributed by atoms with Crippen LogP contribution in [-0.4, -0.2) is 32.8 Å². The Balaban J connectivity index is 1.37. The van der Waals surface area contributed by atoms with Crippen molar-refractivity contribution in [3.8, 4) is 0 Å². The number of aromatic nitrogens is 4. The van der Waals surface area contributed by atoms with E-state index in [2.05, 4.69) is 25.7 Å². The summed E-state index contributed by atoms with van der Waals surface area (Å²) < 4.78 is 5.17. The van der Waals surface area contributed by atoms with Crippen molar-refractivity contribution < 1.29 is 9.32 Å². The van der Waals surface area contributed by atoms with Gasteiger partial charge < -0.3 is 9.84 Å². The largest absolute Gasteiger partial charge is 0.356 e. The maximum atomic E-state index is 11.8. The van der Waals surface area contributed by atoms with Crippen LogP contribution in [0.15, 0.2) is 4.52 Å². The highest BCUT2D eigenvalue weighted by atomic mass is 16.5. The van der Waals surface area contributed by atoms with Gasteiger partial charge in [-0.2, -0.15) is 10.1 Å². The summed E-state index contributed by atoms with van der Waals surface area (Å²) in [7, 11) is 0. The smallest absolute Gasteiger partial charge is 0.228 e. The molecule has 2 aromatic rings. The maximum absolute atomic E-state index is 11.8. The molecule has 1 aliphatic rings. The molecule has 2 aromatic heterocycles. The lowest BCUT2D eigenvalue weighted by Gasteiger charge is -2.02. The summed E-state index contributed by atoms with van der Waals surface area (Å²) in [5, 5.41) is 14.0. The molecule has 1 fully saturated rings. The highest BCUT2D eigenvalue weighted by Crippen LogP contribution is 2.38. The number of rotatable bonds is 7. The molecule has 1 amide bonds. The summed E-state index contributed by atoms with van der Waals surface area (Å²) in [5.41, 5.74) is 3.14. The van der Waals surface area contributed by atoms with Gasteiger partial charge in [0.2, 0.25) is 11.8 Å². The molecule has 0 bridgehead atoms. The Kier molecular flexibility index (Phi) is 4.22. The molecule has 2 heterocycles. The summed E-state index contributed by atoms with van der Waals surface area (Å²) in [6.45, 7) is 4.51. The molecular weight excluding hydrogens is 282 g/mol. The van der Waals surface area contributed by atoms with Crippen molar-refractivity contribution in [1.82, 2.24) is 25.7 Å². The zero-order valence-corrected chi connectivity index (χ0v) is 13.0. The van der Waals surface area contributed by atoms with E-state index in [1.54, 1.807) is 0 Å². The van der Waals surface area contributed by atoms with Gasteiger partial charge in [0.05, 0.1) is 5.69 Å². The van der Waals surface area contributed by atoms with E-state index in [1.807, 2.05) is 13.8 Å². The molecule has 0 aliphatic heterocycles. The Morgan fingerprint density at radius 2 is 2.18 bits per heavy atom. The standard InChI is InChI=1S/C15H21N5O2/c1-9-10(2)18-19-12(9)5-6-13(21)16-8-7-14-17-15(20-22-14)11-3-4-11/h11H,3-8H2,1-2H3,(H,16,21)(H,18,19). The summed E-state index contributed by atoms with van der Waals surface area (Å²) in [5.74, 6) is 1.92. The first kappa shape index (κ1) is 14.7. The SMILES string of the molecule is Cc1[nH]nc(CCC(=O)NCCc2nc(C3CC3)no2)c1C. The van der Waals surface area contributed by atoms with Crippen molar-refractivity contribution in [3.63, 3.8) is 0 Å². The van der Waals surface area contributed by atoms with Crippen LogP contribution in [0, 0.1) is 13.8 Å². The molecule has 0 atom stereocenters. The van der Waals surface area contributed by atoms with Gasteiger partial charge in [-0.3, -0.25) is 9.89 Å². The zero-order valence-electron chi connectivity index (χ0n) is 13.0. The van der Waals surface area contributed by atoms with Crippen molar-refractivity contribution in [2.45, 2.75) is 51.9 Å². The van der Waals surface area contributed by atoms with Crippen LogP contribution in [0.25, 0.3) is 0 Å². The van der Waals surface area contributed by atoms with E-state index < -0.39 is 0 Å². The Bertz CT molecular complexity index is 657. The number of hydrogen-bond acceptors (Lipinski definition) is 5. The summed E-state index contributed by atoms with van der Waals surface area (Å²) in [4.78, 5) is 16.2. The molecule has 0 spiro atoms. The van der Waals surface area contributed by atoms with Gasteiger partial charge in [-0.1, -0.05) is 5.16 Å². The van der Waals surface area contributed by atoms with Crippen LogP contribution in [0.5, 0.6) is 0 Å². The van der Waals surface area contributed by atoms with Crippen LogP contribution in [0.2, 0.25) is 0 Å². The fourth-order valence-corrected chi connectivity index (χ4v) is 2.28. The minimum absolute atomic E-state index is 0.0157. The molecule has 118 valence electrons. The number of nitrogens with zero attached hydrogens (tertiary/aromatic N) is 3. The number of H-pyrrole nitrogens is 1. The number of hydrogen-bond donors (Lipinski definition) is 2. The van der Waals surface area contributed by atoms with Gasteiger partial charge in [-0.15, -0.1) is 0 Å². The predicted molar refractivity (Wildman–Crippen MR) is 79.4 cm³/mol. The molecule has 1 aliphatic carbocycles. The number of amides is 1. The molecule has 7 heteroatoms. The van der Waals surface area contributed by atoms with E-state index in [1.165, 1.54) is 0 Å². The minimum Gasteiger partial charge on any atom is -0.356 e. The lowest BCUT2D eigenvalue weighted by Crippen LogP contribution is -2.26. The average molecular weight is 303 g/mol. The summed E-state index contributed by atoms with van der Waals surface area (Å²) >= 11 is 0. The molecule has 0 aromatic carbocycles. The second-order valence-electron chi connectivity index (χ2n) is 5.84. The van der Waals surface area contributed by atoms with Crippen molar-refractivity contribution >= 4 is 5.91 Å². The molecule has 7 nitrogen and oxygen atoms in total. The third-order valence-electron chi connectivity index (χ3n) is 4.03. The maximum Gasteiger partial charge on any atom is 0.228 e. The van der Waals surface area contributed by atoms with Crippen molar-refractivity contribution in [2.75, 3.05) is 6.54 Å². The van der Waals surface area contributed by atoms with Crippen LogP contribution in [0.4, 0.5) is 0 Å². The number of aromatic amines is 1. The highest BCUT2D eigenvalue weighted by molar-refractivity contribution is 5.76. The average Bonchev–Trinajstić information content (AvgIpc) is 3.17. The van der Waals surface area contributed by atoms with Crippen LogP contribution >= 0.6 is 0 Å². The number of carbonyl (C=O) groups excluding carboxylic acids is 1. The van der Waals surface area contributed by atoms with E-state index in [0.29, 0.717) is 37.6 Å². The first-order valence-corrected chi connectivity index (χ1v) is 7.73. The number of aryl methyl sites for hydroxylation is 2. The van der Waals surface area contributed by atoms with E-state index in [4.69, 9.17) is 4.52 Å². The van der Waals surface area contributed by atoms with E-state index >= 15 is 0 Å². The highest BCUT2D eigenvalue weighted by Gasteiger charge is 2.28. The van der Waals surface area contributed by atoms with Gasteiger partial charge in [-0.05, 0) is 32.3 Å². The molecule has 3 rings (SSSR count). The van der Waals surface area contributed by atoms with E-state index in [-0.39, 0.29) is 5.91 Å². The number of nitrogens with one attached hydrogen (secondary N) is 2. The minimum atomic E-state index is 0.0157. The van der Waals surface area contributed by atoms with Gasteiger partial charge in [0.1, 0.15) is 0 Å². The van der Waals surface area contributed by atoms with Crippen LogP contribution < -0.4 is 5.32 Å². The van der Waals surface area contributed by atoms with Gasteiger partial charge in [0, 0.05) is 37.4 Å². The lowest BCUT2D eigenvalue weighted by molar-refractivity contribution is -0.121. The van der Waals surface area contributed by atoms with E-state index in [9.17, 15) is 4.79 Å². The summed E-state index contributed by atoms with van der Waals surface area (Å²) in [6, 6.07) is 0. The van der Waals surface area contributed by atoms with Gasteiger partial charge in [0.25, 0.3) is 0 Å². The zero-order chi connectivity index (χ0) is 15.5. The third-order valence-corrected chi connectivity index (χ3v) is 4.03. The Morgan fingerprint density at radius 1 is 1.36 bits per heavy atom.